The quantitative estimate of drug-likeness (QED) is 0.840. The lowest BCUT2D eigenvalue weighted by atomic mass is 10.1. The Bertz CT molecular complexity index is 712. The summed E-state index contributed by atoms with van der Waals surface area (Å²) in [5.41, 5.74) is -0.769. The van der Waals surface area contributed by atoms with E-state index in [2.05, 4.69) is 5.32 Å². The van der Waals surface area contributed by atoms with Crippen molar-refractivity contribution in [2.24, 2.45) is 0 Å². The lowest BCUT2D eigenvalue weighted by Crippen LogP contribution is -2.40. The maximum absolute atomic E-state index is 12.1. The minimum atomic E-state index is -3.46. The summed E-state index contributed by atoms with van der Waals surface area (Å²) in [6, 6.07) is 3.37. The molecule has 20 heavy (non-hydrogen) atoms. The highest BCUT2D eigenvalue weighted by Crippen LogP contribution is 2.30. The van der Waals surface area contributed by atoms with Gasteiger partial charge in [-0.15, -0.1) is 0 Å². The molecule has 0 radical (unpaired) electrons. The molecule has 0 aromatic heterocycles. The molecular formula is C12H13ClN2O4S. The van der Waals surface area contributed by atoms with Crippen LogP contribution in [-0.2, 0) is 14.6 Å². The molecule has 0 aliphatic carbocycles. The molecule has 1 aliphatic heterocycles. The Morgan fingerprint density at radius 2 is 1.85 bits per heavy atom. The Labute approximate surface area is 121 Å². The van der Waals surface area contributed by atoms with E-state index in [1.165, 1.54) is 18.2 Å². The highest BCUT2D eigenvalue weighted by atomic mass is 35.5. The molecule has 3 amide bonds. The van der Waals surface area contributed by atoms with Crippen molar-refractivity contribution in [3.05, 3.63) is 23.2 Å². The van der Waals surface area contributed by atoms with Gasteiger partial charge >= 0.3 is 6.03 Å². The number of sulfone groups is 1. The van der Waals surface area contributed by atoms with Crippen molar-refractivity contribution in [2.75, 3.05) is 11.2 Å². The van der Waals surface area contributed by atoms with Gasteiger partial charge in [0.25, 0.3) is 5.91 Å². The summed E-state index contributed by atoms with van der Waals surface area (Å²) in [6.45, 7) is 3.17. The zero-order chi connectivity index (χ0) is 15.3. The van der Waals surface area contributed by atoms with E-state index in [-0.39, 0.29) is 15.6 Å². The molecule has 8 heteroatoms. The maximum atomic E-state index is 12.1. The van der Waals surface area contributed by atoms with Crippen molar-refractivity contribution < 1.29 is 18.0 Å². The van der Waals surface area contributed by atoms with Gasteiger partial charge in [0.15, 0.2) is 9.84 Å². The zero-order valence-electron chi connectivity index (χ0n) is 11.1. The predicted molar refractivity (Wildman–Crippen MR) is 74.7 cm³/mol. The highest BCUT2D eigenvalue weighted by molar-refractivity contribution is 7.90. The lowest BCUT2D eigenvalue weighted by molar-refractivity contribution is -0.121. The fraction of sp³-hybridized carbons (Fsp3) is 0.333. The van der Waals surface area contributed by atoms with Crippen LogP contribution in [0.1, 0.15) is 13.8 Å². The lowest BCUT2D eigenvalue weighted by Gasteiger charge is -2.16. The number of halogens is 1. The van der Waals surface area contributed by atoms with Crippen molar-refractivity contribution >= 4 is 39.1 Å². The molecule has 2 rings (SSSR count). The Balaban J connectivity index is 2.49. The van der Waals surface area contributed by atoms with Crippen molar-refractivity contribution in [3.8, 4) is 0 Å². The van der Waals surface area contributed by atoms with Crippen LogP contribution in [0.3, 0.4) is 0 Å². The second-order valence-electron chi connectivity index (χ2n) is 5.08. The number of imide groups is 1. The van der Waals surface area contributed by atoms with Crippen LogP contribution in [0.25, 0.3) is 0 Å². The molecule has 1 aliphatic rings. The van der Waals surface area contributed by atoms with Crippen LogP contribution in [0.15, 0.2) is 23.1 Å². The number of hydrogen-bond acceptors (Lipinski definition) is 4. The van der Waals surface area contributed by atoms with E-state index in [1.54, 1.807) is 13.8 Å². The molecule has 0 atom stereocenters. The smallest absolute Gasteiger partial charge is 0.323 e. The van der Waals surface area contributed by atoms with E-state index in [0.29, 0.717) is 0 Å². The maximum Gasteiger partial charge on any atom is 0.329 e. The molecule has 1 saturated heterocycles. The average molecular weight is 317 g/mol. The first-order valence-electron chi connectivity index (χ1n) is 5.70. The molecule has 0 unspecified atom stereocenters. The molecule has 1 aromatic carbocycles. The number of benzene rings is 1. The molecule has 0 saturated carbocycles. The second kappa shape index (κ2) is 4.46. The third-order valence-electron chi connectivity index (χ3n) is 2.93. The number of hydrogen-bond donors (Lipinski definition) is 1. The summed E-state index contributed by atoms with van der Waals surface area (Å²) in [4.78, 5) is 24.8. The average Bonchev–Trinajstić information content (AvgIpc) is 2.46. The number of rotatable bonds is 2. The number of urea groups is 1. The third kappa shape index (κ3) is 2.38. The monoisotopic (exact) mass is 316 g/mol. The van der Waals surface area contributed by atoms with Gasteiger partial charge in [-0.3, -0.25) is 4.79 Å². The van der Waals surface area contributed by atoms with Crippen LogP contribution >= 0.6 is 11.6 Å². The van der Waals surface area contributed by atoms with Crippen LogP contribution in [0.4, 0.5) is 10.5 Å². The Kier molecular flexibility index (Phi) is 3.30. The predicted octanol–water partition coefficient (Wildman–Crippen LogP) is 1.58. The first-order chi connectivity index (χ1) is 9.04. The minimum Gasteiger partial charge on any atom is -0.323 e. The summed E-state index contributed by atoms with van der Waals surface area (Å²) >= 11 is 5.91. The Morgan fingerprint density at radius 3 is 2.25 bits per heavy atom. The van der Waals surface area contributed by atoms with Crippen LogP contribution in [0.2, 0.25) is 5.02 Å². The highest BCUT2D eigenvalue weighted by Gasteiger charge is 2.45. The first-order valence-corrected chi connectivity index (χ1v) is 7.97. The topological polar surface area (TPSA) is 83.6 Å². The molecule has 0 spiro atoms. The number of nitrogens with zero attached hydrogens (tertiary/aromatic N) is 1. The van der Waals surface area contributed by atoms with Gasteiger partial charge in [0.05, 0.1) is 15.6 Å². The van der Waals surface area contributed by atoms with E-state index in [0.717, 1.165) is 11.2 Å². The van der Waals surface area contributed by atoms with Gasteiger partial charge in [-0.25, -0.2) is 18.1 Å². The molecular weight excluding hydrogens is 304 g/mol. The van der Waals surface area contributed by atoms with Crippen molar-refractivity contribution in [1.82, 2.24) is 5.32 Å². The number of carbonyl (C=O) groups excluding carboxylic acids is 2. The molecule has 0 bridgehead atoms. The number of nitrogens with one attached hydrogen (secondary N) is 1. The summed E-state index contributed by atoms with van der Waals surface area (Å²) in [6.07, 6.45) is 1.03. The van der Waals surface area contributed by atoms with Crippen LogP contribution < -0.4 is 10.2 Å². The molecule has 1 N–H and O–H groups in total. The van der Waals surface area contributed by atoms with Crippen molar-refractivity contribution in [1.29, 1.82) is 0 Å². The fourth-order valence-electron chi connectivity index (χ4n) is 1.91. The van der Waals surface area contributed by atoms with Crippen LogP contribution in [0, 0.1) is 0 Å². The largest absolute Gasteiger partial charge is 0.329 e. The minimum absolute atomic E-state index is 0.0321. The Hall–Kier alpha value is -1.60. The molecule has 6 nitrogen and oxygen atoms in total. The summed E-state index contributed by atoms with van der Waals surface area (Å²) in [5.74, 6) is -0.425. The first kappa shape index (κ1) is 14.8. The standard InChI is InChI=1S/C12H13ClN2O4S/c1-12(2)10(16)15(11(17)14-12)7-4-5-9(8(13)6-7)20(3,18)19/h4-6H,1-3H3,(H,14,17). The third-order valence-corrected chi connectivity index (χ3v) is 4.51. The van der Waals surface area contributed by atoms with Crippen LogP contribution in [-0.4, -0.2) is 32.2 Å². The fourth-order valence-corrected chi connectivity index (χ4v) is 3.24. The summed E-state index contributed by atoms with van der Waals surface area (Å²) in [5, 5.41) is 2.50. The van der Waals surface area contributed by atoms with Gasteiger partial charge in [-0.1, -0.05) is 11.6 Å². The normalized spacial score (nSPS) is 18.3. The molecule has 1 fully saturated rings. The van der Waals surface area contributed by atoms with Crippen molar-refractivity contribution in [2.45, 2.75) is 24.3 Å². The van der Waals surface area contributed by atoms with Gasteiger partial charge in [0.2, 0.25) is 0 Å². The SMILES string of the molecule is CC1(C)NC(=O)N(c2ccc(S(C)(=O)=O)c(Cl)c2)C1=O. The second-order valence-corrected chi connectivity index (χ2v) is 7.47. The van der Waals surface area contributed by atoms with E-state index >= 15 is 0 Å². The number of amides is 3. The van der Waals surface area contributed by atoms with Crippen molar-refractivity contribution in [3.63, 3.8) is 0 Å². The van der Waals surface area contributed by atoms with Gasteiger partial charge in [0.1, 0.15) is 5.54 Å². The van der Waals surface area contributed by atoms with Crippen LogP contribution in [0.5, 0.6) is 0 Å². The number of anilines is 1. The van der Waals surface area contributed by atoms with Gasteiger partial charge in [0, 0.05) is 6.26 Å². The zero-order valence-corrected chi connectivity index (χ0v) is 12.7. The van der Waals surface area contributed by atoms with Gasteiger partial charge in [-0.05, 0) is 32.0 Å². The molecule has 1 heterocycles. The van der Waals surface area contributed by atoms with E-state index in [1.807, 2.05) is 0 Å². The Morgan fingerprint density at radius 1 is 1.25 bits per heavy atom. The molecule has 108 valence electrons. The molecule has 1 aromatic rings. The van der Waals surface area contributed by atoms with Gasteiger partial charge in [-0.2, -0.15) is 0 Å². The summed E-state index contributed by atoms with van der Waals surface area (Å²) < 4.78 is 22.9. The van der Waals surface area contributed by atoms with E-state index < -0.39 is 27.3 Å². The van der Waals surface area contributed by atoms with Gasteiger partial charge < -0.3 is 5.32 Å². The van der Waals surface area contributed by atoms with E-state index in [4.69, 9.17) is 11.6 Å². The van der Waals surface area contributed by atoms with E-state index in [9.17, 15) is 18.0 Å². The number of carbonyl (C=O) groups is 2. The summed E-state index contributed by atoms with van der Waals surface area (Å²) in [7, 11) is -3.46.